The van der Waals surface area contributed by atoms with Gasteiger partial charge in [0, 0.05) is 31.8 Å². The molecule has 0 saturated carbocycles. The minimum absolute atomic E-state index is 0.111. The van der Waals surface area contributed by atoms with Crippen molar-refractivity contribution in [3.8, 4) is 5.82 Å². The molecule has 8 heteroatoms. The molecule has 4 rings (SSSR count). The zero-order valence-corrected chi connectivity index (χ0v) is 14.6. The molecule has 138 valence electrons. The predicted octanol–water partition coefficient (Wildman–Crippen LogP) is 1.22. The molecule has 0 aromatic carbocycles. The number of nitrogens with zero attached hydrogens (tertiary/aromatic N) is 4. The Kier molecular flexibility index (Phi) is 5.21. The van der Waals surface area contributed by atoms with Gasteiger partial charge in [0.25, 0.3) is 5.91 Å². The number of amides is 1. The largest absolute Gasteiger partial charge is 0.381 e. The van der Waals surface area contributed by atoms with E-state index in [0.29, 0.717) is 36.6 Å². The number of pyridine rings is 1. The highest BCUT2D eigenvalue weighted by Gasteiger charge is 2.34. The molecular formula is C18H23N5O3. The Morgan fingerprint density at radius 1 is 1.08 bits per heavy atom. The van der Waals surface area contributed by atoms with Crippen LogP contribution in [0, 0.1) is 11.8 Å². The Labute approximate surface area is 151 Å². The maximum atomic E-state index is 12.8. The van der Waals surface area contributed by atoms with Crippen LogP contribution in [0.5, 0.6) is 0 Å². The molecule has 2 aromatic rings. The van der Waals surface area contributed by atoms with Crippen molar-refractivity contribution < 1.29 is 14.3 Å². The van der Waals surface area contributed by atoms with E-state index in [0.717, 1.165) is 32.5 Å². The Balaban J connectivity index is 1.47. The first kappa shape index (κ1) is 17.1. The minimum atomic E-state index is -0.149. The van der Waals surface area contributed by atoms with Crippen LogP contribution in [0.25, 0.3) is 5.82 Å². The van der Waals surface area contributed by atoms with Gasteiger partial charge in [0.2, 0.25) is 0 Å². The van der Waals surface area contributed by atoms with Crippen LogP contribution < -0.4 is 5.32 Å². The van der Waals surface area contributed by atoms with E-state index in [1.165, 1.54) is 0 Å². The molecule has 0 spiro atoms. The summed E-state index contributed by atoms with van der Waals surface area (Å²) < 4.78 is 12.8. The van der Waals surface area contributed by atoms with Crippen LogP contribution in [0.4, 0.5) is 0 Å². The third-order valence-corrected chi connectivity index (χ3v) is 5.24. The van der Waals surface area contributed by atoms with Crippen molar-refractivity contribution in [1.82, 2.24) is 25.1 Å². The highest BCUT2D eigenvalue weighted by Crippen LogP contribution is 2.30. The van der Waals surface area contributed by atoms with Gasteiger partial charge in [-0.3, -0.25) is 9.36 Å². The van der Waals surface area contributed by atoms with Gasteiger partial charge in [-0.2, -0.15) is 0 Å². The van der Waals surface area contributed by atoms with Gasteiger partial charge < -0.3 is 14.8 Å². The molecule has 0 bridgehead atoms. The van der Waals surface area contributed by atoms with Crippen molar-refractivity contribution in [3.05, 3.63) is 36.5 Å². The van der Waals surface area contributed by atoms with Crippen molar-refractivity contribution >= 4 is 5.91 Å². The Morgan fingerprint density at radius 3 is 2.65 bits per heavy atom. The standard InChI is InChI=1S/C18H23N5O3/c24-18(16-2-1-3-17(21-16)23-11-19-20-12-23)22-15-6-9-26-10-14(15)13-4-7-25-8-5-13/h1-3,11-15H,4-10H2,(H,22,24)/t14-,15-/m1/s1. The lowest BCUT2D eigenvalue weighted by molar-refractivity contribution is -0.0259. The van der Waals surface area contributed by atoms with Gasteiger partial charge in [0.1, 0.15) is 24.2 Å². The number of ether oxygens (including phenoxy) is 2. The fourth-order valence-corrected chi connectivity index (χ4v) is 3.80. The number of carbonyl (C=O) groups is 1. The van der Waals surface area contributed by atoms with E-state index in [4.69, 9.17) is 9.47 Å². The van der Waals surface area contributed by atoms with Crippen molar-refractivity contribution in [2.75, 3.05) is 26.4 Å². The van der Waals surface area contributed by atoms with E-state index in [-0.39, 0.29) is 11.9 Å². The predicted molar refractivity (Wildman–Crippen MR) is 92.9 cm³/mol. The summed E-state index contributed by atoms with van der Waals surface area (Å²) in [5.41, 5.74) is 0.397. The van der Waals surface area contributed by atoms with Crippen LogP contribution >= 0.6 is 0 Å². The summed E-state index contributed by atoms with van der Waals surface area (Å²) in [5.74, 6) is 1.34. The van der Waals surface area contributed by atoms with E-state index in [2.05, 4.69) is 20.5 Å². The van der Waals surface area contributed by atoms with E-state index in [1.54, 1.807) is 23.3 Å². The van der Waals surface area contributed by atoms with Crippen LogP contribution in [0.3, 0.4) is 0 Å². The maximum Gasteiger partial charge on any atom is 0.270 e. The number of hydrogen-bond acceptors (Lipinski definition) is 6. The second-order valence-corrected chi connectivity index (χ2v) is 6.81. The first-order chi connectivity index (χ1) is 12.8. The van der Waals surface area contributed by atoms with Crippen LogP contribution in [0.1, 0.15) is 29.8 Å². The second-order valence-electron chi connectivity index (χ2n) is 6.81. The summed E-state index contributed by atoms with van der Waals surface area (Å²) in [6, 6.07) is 5.47. The van der Waals surface area contributed by atoms with Crippen molar-refractivity contribution in [2.24, 2.45) is 11.8 Å². The van der Waals surface area contributed by atoms with Crippen LogP contribution in [0.15, 0.2) is 30.9 Å². The Hall–Kier alpha value is -2.32. The molecule has 8 nitrogen and oxygen atoms in total. The fourth-order valence-electron chi connectivity index (χ4n) is 3.80. The first-order valence-corrected chi connectivity index (χ1v) is 9.09. The Bertz CT molecular complexity index is 730. The molecule has 2 aliphatic rings. The lowest BCUT2D eigenvalue weighted by atomic mass is 9.79. The van der Waals surface area contributed by atoms with Gasteiger partial charge in [0.15, 0.2) is 0 Å². The number of aromatic nitrogens is 4. The molecule has 4 heterocycles. The lowest BCUT2D eigenvalue weighted by Crippen LogP contribution is -2.49. The monoisotopic (exact) mass is 357 g/mol. The van der Waals surface area contributed by atoms with Gasteiger partial charge in [-0.1, -0.05) is 6.07 Å². The second kappa shape index (κ2) is 7.92. The summed E-state index contributed by atoms with van der Waals surface area (Å²) in [7, 11) is 0. The van der Waals surface area contributed by atoms with E-state index >= 15 is 0 Å². The molecule has 0 radical (unpaired) electrons. The number of rotatable bonds is 4. The topological polar surface area (TPSA) is 91.2 Å². The average molecular weight is 357 g/mol. The molecular weight excluding hydrogens is 334 g/mol. The summed E-state index contributed by atoms with van der Waals surface area (Å²) in [4.78, 5) is 17.2. The molecule has 1 amide bonds. The van der Waals surface area contributed by atoms with E-state index in [1.807, 2.05) is 12.1 Å². The summed E-state index contributed by atoms with van der Waals surface area (Å²) in [6.45, 7) is 2.97. The van der Waals surface area contributed by atoms with Crippen LogP contribution in [-0.4, -0.2) is 58.1 Å². The molecule has 1 N–H and O–H groups in total. The van der Waals surface area contributed by atoms with E-state index < -0.39 is 0 Å². The maximum absolute atomic E-state index is 12.8. The van der Waals surface area contributed by atoms with Crippen molar-refractivity contribution in [1.29, 1.82) is 0 Å². The van der Waals surface area contributed by atoms with E-state index in [9.17, 15) is 4.79 Å². The number of nitrogens with one attached hydrogen (secondary N) is 1. The summed E-state index contributed by atoms with van der Waals surface area (Å²) in [5, 5.41) is 10.7. The van der Waals surface area contributed by atoms with Gasteiger partial charge >= 0.3 is 0 Å². The zero-order chi connectivity index (χ0) is 17.8. The van der Waals surface area contributed by atoms with Crippen LogP contribution in [-0.2, 0) is 9.47 Å². The fraction of sp³-hybridized carbons (Fsp3) is 0.556. The van der Waals surface area contributed by atoms with Gasteiger partial charge in [-0.05, 0) is 37.3 Å². The highest BCUT2D eigenvalue weighted by atomic mass is 16.5. The molecule has 26 heavy (non-hydrogen) atoms. The molecule has 2 aliphatic heterocycles. The summed E-state index contributed by atoms with van der Waals surface area (Å²) in [6.07, 6.45) is 6.01. The van der Waals surface area contributed by atoms with Crippen LogP contribution in [0.2, 0.25) is 0 Å². The Morgan fingerprint density at radius 2 is 1.85 bits per heavy atom. The smallest absolute Gasteiger partial charge is 0.270 e. The number of hydrogen-bond donors (Lipinski definition) is 1. The molecule has 2 atom stereocenters. The van der Waals surface area contributed by atoms with Crippen molar-refractivity contribution in [2.45, 2.75) is 25.3 Å². The minimum Gasteiger partial charge on any atom is -0.381 e. The third-order valence-electron chi connectivity index (χ3n) is 5.24. The lowest BCUT2D eigenvalue weighted by Gasteiger charge is -2.38. The first-order valence-electron chi connectivity index (χ1n) is 9.09. The number of carbonyl (C=O) groups excluding carboxylic acids is 1. The highest BCUT2D eigenvalue weighted by molar-refractivity contribution is 5.92. The average Bonchev–Trinajstić information content (AvgIpc) is 3.24. The summed E-state index contributed by atoms with van der Waals surface area (Å²) >= 11 is 0. The SMILES string of the molecule is O=C(N[C@@H]1CCOC[C@@H]1C1CCOCC1)c1cccc(-n2cnnc2)n1. The normalized spacial score (nSPS) is 24.3. The molecule has 2 saturated heterocycles. The molecule has 0 unspecified atom stereocenters. The molecule has 0 aliphatic carbocycles. The molecule has 2 fully saturated rings. The van der Waals surface area contributed by atoms with Gasteiger partial charge in [-0.15, -0.1) is 10.2 Å². The van der Waals surface area contributed by atoms with Gasteiger partial charge in [0.05, 0.1) is 6.61 Å². The molecule has 2 aromatic heterocycles. The quantitative estimate of drug-likeness (QED) is 0.885. The van der Waals surface area contributed by atoms with Gasteiger partial charge in [-0.25, -0.2) is 4.98 Å². The zero-order valence-electron chi connectivity index (χ0n) is 14.6. The van der Waals surface area contributed by atoms with Crippen molar-refractivity contribution in [3.63, 3.8) is 0 Å². The third kappa shape index (κ3) is 3.76.